The number of hydrogen-bond donors (Lipinski definition) is 1. The van der Waals surface area contributed by atoms with E-state index >= 15 is 0 Å². The van der Waals surface area contributed by atoms with Crippen molar-refractivity contribution in [3.63, 3.8) is 0 Å². The van der Waals surface area contributed by atoms with Crippen LogP contribution in [0.1, 0.15) is 16.7 Å². The summed E-state index contributed by atoms with van der Waals surface area (Å²) in [6.07, 6.45) is -2.94. The van der Waals surface area contributed by atoms with Gasteiger partial charge in [0.15, 0.2) is 0 Å². The number of halogens is 4. The van der Waals surface area contributed by atoms with Crippen LogP contribution >= 0.6 is 11.6 Å². The summed E-state index contributed by atoms with van der Waals surface area (Å²) in [6.45, 7) is 0.0409. The molecule has 29 heavy (non-hydrogen) atoms. The molecule has 1 atom stereocenters. The van der Waals surface area contributed by atoms with Crippen molar-refractivity contribution in [1.29, 1.82) is 0 Å². The number of imide groups is 1. The van der Waals surface area contributed by atoms with E-state index in [9.17, 15) is 22.8 Å². The van der Waals surface area contributed by atoms with Gasteiger partial charge in [-0.25, -0.2) is 9.69 Å². The number of nitrogens with two attached hydrogens (primary N) is 1. The highest BCUT2D eigenvalue weighted by molar-refractivity contribution is 6.33. The second kappa shape index (κ2) is 8.16. The van der Waals surface area contributed by atoms with Crippen molar-refractivity contribution >= 4 is 35.4 Å². The standard InChI is InChI=1S/C20H16ClF3N2O3/c21-16-10-13(9-15(18(16)25)20(22,23)24)6-7-17(27)26-14(11-29-19(26)28)8-12-4-2-1-3-5-12/h1-7,9-10,14H,8,11,25H2/t14-/m1/s1. The first-order valence-electron chi connectivity index (χ1n) is 8.55. The van der Waals surface area contributed by atoms with E-state index in [4.69, 9.17) is 22.1 Å². The molecule has 2 aromatic rings. The lowest BCUT2D eigenvalue weighted by Crippen LogP contribution is -2.39. The van der Waals surface area contributed by atoms with Crippen LogP contribution in [0.15, 0.2) is 48.5 Å². The van der Waals surface area contributed by atoms with Gasteiger partial charge in [0, 0.05) is 6.08 Å². The Hall–Kier alpha value is -3.00. The number of cyclic esters (lactones) is 1. The summed E-state index contributed by atoms with van der Waals surface area (Å²) in [5.41, 5.74) is 4.64. The molecule has 0 unspecified atom stereocenters. The van der Waals surface area contributed by atoms with E-state index in [1.54, 1.807) is 0 Å². The summed E-state index contributed by atoms with van der Waals surface area (Å²) in [5, 5.41) is -0.283. The lowest BCUT2D eigenvalue weighted by molar-refractivity contribution is -0.137. The Morgan fingerprint density at radius 2 is 1.97 bits per heavy atom. The molecule has 1 fully saturated rings. The molecule has 0 aliphatic carbocycles. The summed E-state index contributed by atoms with van der Waals surface area (Å²) >= 11 is 5.78. The molecule has 2 amide bonds. The highest BCUT2D eigenvalue weighted by atomic mass is 35.5. The van der Waals surface area contributed by atoms with Crippen LogP contribution in [0.25, 0.3) is 6.08 Å². The lowest BCUT2D eigenvalue weighted by Gasteiger charge is -2.18. The molecule has 1 heterocycles. The van der Waals surface area contributed by atoms with Gasteiger partial charge in [-0.1, -0.05) is 41.9 Å². The van der Waals surface area contributed by atoms with Crippen LogP contribution in [0.4, 0.5) is 23.7 Å². The Labute approximate surface area is 169 Å². The highest BCUT2D eigenvalue weighted by Crippen LogP contribution is 2.38. The van der Waals surface area contributed by atoms with E-state index in [1.165, 1.54) is 6.07 Å². The largest absolute Gasteiger partial charge is 0.447 e. The number of alkyl halides is 3. The Bertz CT molecular complexity index is 961. The first-order chi connectivity index (χ1) is 13.7. The molecule has 0 bridgehead atoms. The number of ether oxygens (including phenoxy) is 1. The molecule has 5 nitrogen and oxygen atoms in total. The van der Waals surface area contributed by atoms with Crippen LogP contribution in [-0.2, 0) is 22.1 Å². The average Bonchev–Trinajstić information content (AvgIpc) is 3.02. The zero-order valence-corrected chi connectivity index (χ0v) is 15.7. The number of nitrogen functional groups attached to an aromatic ring is 1. The van der Waals surface area contributed by atoms with Crippen molar-refractivity contribution in [2.75, 3.05) is 12.3 Å². The van der Waals surface area contributed by atoms with Crippen molar-refractivity contribution in [1.82, 2.24) is 4.90 Å². The van der Waals surface area contributed by atoms with Crippen LogP contribution in [-0.4, -0.2) is 29.5 Å². The molecule has 1 aliphatic heterocycles. The quantitative estimate of drug-likeness (QED) is 0.577. The van der Waals surface area contributed by atoms with Crippen molar-refractivity contribution in [2.24, 2.45) is 0 Å². The van der Waals surface area contributed by atoms with Gasteiger partial charge in [0.2, 0.25) is 0 Å². The predicted molar refractivity (Wildman–Crippen MR) is 102 cm³/mol. The molecule has 1 saturated heterocycles. The summed E-state index contributed by atoms with van der Waals surface area (Å²) < 4.78 is 44.2. The second-order valence-corrected chi connectivity index (χ2v) is 6.83. The average molecular weight is 425 g/mol. The third-order valence-electron chi connectivity index (χ3n) is 4.39. The number of amides is 2. The van der Waals surface area contributed by atoms with Crippen LogP contribution in [0, 0.1) is 0 Å². The van der Waals surface area contributed by atoms with Gasteiger partial charge >= 0.3 is 12.3 Å². The van der Waals surface area contributed by atoms with Crippen molar-refractivity contribution in [3.05, 3.63) is 70.3 Å². The predicted octanol–water partition coefficient (Wildman–Crippen LogP) is 4.54. The fourth-order valence-electron chi connectivity index (χ4n) is 2.98. The maximum atomic E-state index is 13.1. The van der Waals surface area contributed by atoms with Gasteiger partial charge in [0.1, 0.15) is 6.61 Å². The Kier molecular flexibility index (Phi) is 5.83. The summed E-state index contributed by atoms with van der Waals surface area (Å²) in [6, 6.07) is 10.7. The van der Waals surface area contributed by atoms with Crippen molar-refractivity contribution < 1.29 is 27.5 Å². The smallest absolute Gasteiger partial charge is 0.418 e. The first-order valence-corrected chi connectivity index (χ1v) is 8.93. The molecular weight excluding hydrogens is 409 g/mol. The number of anilines is 1. The summed E-state index contributed by atoms with van der Waals surface area (Å²) in [5.74, 6) is -0.699. The molecule has 0 spiro atoms. The van der Waals surface area contributed by atoms with Crippen LogP contribution in [0.3, 0.4) is 0 Å². The minimum Gasteiger partial charge on any atom is -0.447 e. The molecule has 0 radical (unpaired) electrons. The van der Waals surface area contributed by atoms with Gasteiger partial charge in [-0.3, -0.25) is 4.79 Å². The van der Waals surface area contributed by atoms with Gasteiger partial charge in [-0.2, -0.15) is 13.2 Å². The molecule has 152 valence electrons. The molecule has 0 saturated carbocycles. The minimum absolute atomic E-state index is 0.0250. The minimum atomic E-state index is -4.69. The van der Waals surface area contributed by atoms with E-state index in [0.717, 1.165) is 28.7 Å². The lowest BCUT2D eigenvalue weighted by atomic mass is 10.1. The molecular formula is C20H16ClF3N2O3. The molecule has 9 heteroatoms. The third kappa shape index (κ3) is 4.71. The zero-order valence-electron chi connectivity index (χ0n) is 14.9. The van der Waals surface area contributed by atoms with E-state index in [-0.39, 0.29) is 17.2 Å². The van der Waals surface area contributed by atoms with Crippen LogP contribution in [0.5, 0.6) is 0 Å². The monoisotopic (exact) mass is 424 g/mol. The van der Waals surface area contributed by atoms with E-state index < -0.39 is 35.5 Å². The second-order valence-electron chi connectivity index (χ2n) is 6.42. The van der Waals surface area contributed by atoms with Crippen LogP contribution in [0.2, 0.25) is 5.02 Å². The highest BCUT2D eigenvalue weighted by Gasteiger charge is 2.37. The fraction of sp³-hybridized carbons (Fsp3) is 0.200. The molecule has 3 rings (SSSR count). The van der Waals surface area contributed by atoms with E-state index in [1.807, 2.05) is 30.3 Å². The molecule has 1 aliphatic rings. The molecule has 0 aromatic heterocycles. The molecule has 2 N–H and O–H groups in total. The normalized spacial score (nSPS) is 17.0. The van der Waals surface area contributed by atoms with Gasteiger partial charge in [-0.05, 0) is 35.8 Å². The van der Waals surface area contributed by atoms with Gasteiger partial charge < -0.3 is 10.5 Å². The van der Waals surface area contributed by atoms with Crippen molar-refractivity contribution in [3.8, 4) is 0 Å². The topological polar surface area (TPSA) is 72.6 Å². The van der Waals surface area contributed by atoms with Gasteiger partial charge in [0.25, 0.3) is 5.91 Å². The summed E-state index contributed by atoms with van der Waals surface area (Å²) in [4.78, 5) is 25.4. The first kappa shape index (κ1) is 20.7. The maximum absolute atomic E-state index is 13.1. The molecule has 2 aromatic carbocycles. The number of rotatable bonds is 4. The van der Waals surface area contributed by atoms with Gasteiger partial charge in [0.05, 0.1) is 22.3 Å². The number of carbonyl (C=O) groups excluding carboxylic acids is 2. The maximum Gasteiger partial charge on any atom is 0.418 e. The number of carbonyl (C=O) groups is 2. The van der Waals surface area contributed by atoms with E-state index in [2.05, 4.69) is 0 Å². The number of nitrogens with zero attached hydrogens (tertiary/aromatic N) is 1. The van der Waals surface area contributed by atoms with E-state index in [0.29, 0.717) is 6.42 Å². The number of hydrogen-bond acceptors (Lipinski definition) is 4. The number of benzene rings is 2. The van der Waals surface area contributed by atoms with Crippen LogP contribution < -0.4 is 5.73 Å². The Balaban J connectivity index is 1.80. The Morgan fingerprint density at radius 3 is 2.62 bits per heavy atom. The Morgan fingerprint density at radius 1 is 1.28 bits per heavy atom. The summed E-state index contributed by atoms with van der Waals surface area (Å²) in [7, 11) is 0. The SMILES string of the molecule is Nc1c(Cl)cc(C=CC(=O)N2C(=O)OC[C@H]2Cc2ccccc2)cc1C(F)(F)F. The zero-order chi connectivity index (χ0) is 21.2. The van der Waals surface area contributed by atoms with Crippen molar-refractivity contribution in [2.45, 2.75) is 18.6 Å². The van der Waals surface area contributed by atoms with Gasteiger partial charge in [-0.15, -0.1) is 0 Å². The third-order valence-corrected chi connectivity index (χ3v) is 4.70. The fourth-order valence-corrected chi connectivity index (χ4v) is 3.21.